The SMILES string of the molecule is Cc1ncc(C(=O)Nc2cc(N3CC[C@@H](N(C)C)C3)cc(C(F)(F)F)c2)cc1-n1cc(-c2cnn(C)c2C)nn1. The molecule has 1 N–H and O–H groups in total. The number of hydrogen-bond donors (Lipinski definition) is 1. The average Bonchev–Trinajstić information content (AvgIpc) is 3.65. The summed E-state index contributed by atoms with van der Waals surface area (Å²) in [5, 5.41) is 15.3. The van der Waals surface area contributed by atoms with Gasteiger partial charge < -0.3 is 15.1 Å². The molecule has 3 aromatic heterocycles. The number of halogens is 3. The van der Waals surface area contributed by atoms with Crippen molar-refractivity contribution in [1.82, 2.24) is 34.7 Å². The number of aryl methyl sites for hydroxylation is 2. The van der Waals surface area contributed by atoms with E-state index in [1.807, 2.05) is 33.0 Å². The van der Waals surface area contributed by atoms with Crippen LogP contribution in [0.25, 0.3) is 16.9 Å². The number of likely N-dealkylation sites (N-methyl/N-ethyl adjacent to an activating group) is 1. The molecule has 10 nitrogen and oxygen atoms in total. The minimum Gasteiger partial charge on any atom is -0.370 e. The quantitative estimate of drug-likeness (QED) is 0.384. The Morgan fingerprint density at radius 3 is 2.55 bits per heavy atom. The first-order chi connectivity index (χ1) is 18.9. The first-order valence-electron chi connectivity index (χ1n) is 12.7. The van der Waals surface area contributed by atoms with Crippen molar-refractivity contribution in [3.63, 3.8) is 0 Å². The summed E-state index contributed by atoms with van der Waals surface area (Å²) in [6, 6.07) is 5.48. The number of carbonyl (C=O) groups is 1. The third kappa shape index (κ3) is 5.41. The largest absolute Gasteiger partial charge is 0.416 e. The zero-order chi connectivity index (χ0) is 28.8. The van der Waals surface area contributed by atoms with Crippen LogP contribution in [0.3, 0.4) is 0 Å². The van der Waals surface area contributed by atoms with Crippen LogP contribution in [-0.2, 0) is 13.2 Å². The van der Waals surface area contributed by atoms with Gasteiger partial charge in [-0.3, -0.25) is 14.5 Å². The van der Waals surface area contributed by atoms with E-state index in [-0.39, 0.29) is 17.3 Å². The Labute approximate surface area is 229 Å². The first kappa shape index (κ1) is 27.3. The maximum Gasteiger partial charge on any atom is 0.416 e. The van der Waals surface area contributed by atoms with Crippen molar-refractivity contribution >= 4 is 17.3 Å². The molecule has 0 spiro atoms. The second kappa shape index (κ2) is 10.4. The van der Waals surface area contributed by atoms with E-state index in [1.54, 1.807) is 36.1 Å². The number of alkyl halides is 3. The Balaban J connectivity index is 1.42. The number of nitrogens with one attached hydrogen (secondary N) is 1. The van der Waals surface area contributed by atoms with Gasteiger partial charge in [0.05, 0.1) is 34.9 Å². The van der Waals surface area contributed by atoms with Gasteiger partial charge in [-0.2, -0.15) is 18.3 Å². The van der Waals surface area contributed by atoms with Gasteiger partial charge in [-0.15, -0.1) is 5.10 Å². The molecule has 0 bridgehead atoms. The first-order valence-corrected chi connectivity index (χ1v) is 12.7. The number of anilines is 2. The van der Waals surface area contributed by atoms with Gasteiger partial charge in [0, 0.05) is 55.0 Å². The molecule has 1 atom stereocenters. The fourth-order valence-electron chi connectivity index (χ4n) is 4.76. The van der Waals surface area contributed by atoms with E-state index in [1.165, 1.54) is 10.9 Å². The molecular weight excluding hydrogens is 523 g/mol. The maximum absolute atomic E-state index is 13.8. The van der Waals surface area contributed by atoms with Crippen LogP contribution >= 0.6 is 0 Å². The van der Waals surface area contributed by atoms with Crippen LogP contribution in [0.2, 0.25) is 0 Å². The normalized spacial score (nSPS) is 15.7. The minimum atomic E-state index is -4.56. The molecule has 4 aromatic rings. The molecule has 1 fully saturated rings. The molecule has 4 heterocycles. The standard InChI is InChI=1S/C27H30F3N9O/c1-16-25(39-15-24(34-35-39)23-13-32-37(5)17(23)2)8-18(12-31-16)26(40)33-20-9-19(27(28,29)30)10-22(11-20)38-7-6-21(14-38)36(3)4/h8-13,15,21H,6-7,14H2,1-5H3,(H,33,40)/t21-/m1/s1. The van der Waals surface area contributed by atoms with E-state index < -0.39 is 17.6 Å². The lowest BCUT2D eigenvalue weighted by molar-refractivity contribution is -0.137. The van der Waals surface area contributed by atoms with Crippen LogP contribution in [0, 0.1) is 13.8 Å². The number of pyridine rings is 1. The highest BCUT2D eigenvalue weighted by atomic mass is 19.4. The summed E-state index contributed by atoms with van der Waals surface area (Å²) in [4.78, 5) is 21.5. The fraction of sp³-hybridized carbons (Fsp3) is 0.370. The molecule has 1 aromatic carbocycles. The van der Waals surface area contributed by atoms with Gasteiger partial charge in [0.25, 0.3) is 5.91 Å². The lowest BCUT2D eigenvalue weighted by Gasteiger charge is -2.23. The summed E-state index contributed by atoms with van der Waals surface area (Å²) in [5.41, 5.74) is 3.28. The summed E-state index contributed by atoms with van der Waals surface area (Å²) in [6.45, 7) is 4.92. The number of nitrogens with zero attached hydrogens (tertiary/aromatic N) is 8. The van der Waals surface area contributed by atoms with E-state index in [4.69, 9.17) is 0 Å². The second-order valence-corrected chi connectivity index (χ2v) is 10.2. The number of rotatable bonds is 6. The van der Waals surface area contributed by atoms with Crippen LogP contribution in [0.15, 0.2) is 42.9 Å². The highest BCUT2D eigenvalue weighted by molar-refractivity contribution is 6.04. The van der Waals surface area contributed by atoms with Crippen LogP contribution in [-0.4, -0.2) is 73.8 Å². The second-order valence-electron chi connectivity index (χ2n) is 10.2. The van der Waals surface area contributed by atoms with Crippen molar-refractivity contribution in [3.05, 3.63) is 65.4 Å². The molecule has 0 saturated carbocycles. The molecule has 5 rings (SSSR count). The molecule has 210 valence electrons. The van der Waals surface area contributed by atoms with Crippen LogP contribution in [0.5, 0.6) is 0 Å². The van der Waals surface area contributed by atoms with E-state index in [0.717, 1.165) is 29.8 Å². The van der Waals surface area contributed by atoms with Crippen molar-refractivity contribution in [1.29, 1.82) is 0 Å². The maximum atomic E-state index is 13.8. The Morgan fingerprint density at radius 1 is 1.12 bits per heavy atom. The lowest BCUT2D eigenvalue weighted by atomic mass is 10.1. The predicted molar refractivity (Wildman–Crippen MR) is 145 cm³/mol. The Bertz CT molecular complexity index is 1560. The molecule has 0 radical (unpaired) electrons. The summed E-state index contributed by atoms with van der Waals surface area (Å²) in [6.07, 6.45) is 1.07. The molecule has 1 aliphatic rings. The molecule has 1 amide bonds. The average molecular weight is 554 g/mol. The van der Waals surface area contributed by atoms with E-state index >= 15 is 0 Å². The predicted octanol–water partition coefficient (Wildman–Crippen LogP) is 4.09. The Hall–Kier alpha value is -4.26. The summed E-state index contributed by atoms with van der Waals surface area (Å²) >= 11 is 0. The van der Waals surface area contributed by atoms with E-state index in [0.29, 0.717) is 35.9 Å². The van der Waals surface area contributed by atoms with E-state index in [9.17, 15) is 18.0 Å². The van der Waals surface area contributed by atoms with Crippen molar-refractivity contribution in [3.8, 4) is 16.9 Å². The third-order valence-electron chi connectivity index (χ3n) is 7.34. The van der Waals surface area contributed by atoms with Gasteiger partial charge >= 0.3 is 6.18 Å². The Kier molecular flexibility index (Phi) is 7.08. The third-order valence-corrected chi connectivity index (χ3v) is 7.34. The van der Waals surface area contributed by atoms with Crippen molar-refractivity contribution in [2.45, 2.75) is 32.5 Å². The minimum absolute atomic E-state index is 0.0559. The molecule has 0 aliphatic carbocycles. The molecule has 1 aliphatic heterocycles. The zero-order valence-corrected chi connectivity index (χ0v) is 22.9. The van der Waals surface area contributed by atoms with Crippen LogP contribution < -0.4 is 10.2 Å². The topological polar surface area (TPSA) is 97.0 Å². The van der Waals surface area contributed by atoms with Gasteiger partial charge in [-0.1, -0.05) is 5.21 Å². The van der Waals surface area contributed by atoms with Gasteiger partial charge in [-0.25, -0.2) is 4.68 Å². The zero-order valence-electron chi connectivity index (χ0n) is 22.9. The molecule has 0 unspecified atom stereocenters. The fourth-order valence-corrected chi connectivity index (χ4v) is 4.76. The van der Waals surface area contributed by atoms with Gasteiger partial charge in [0.1, 0.15) is 5.69 Å². The monoisotopic (exact) mass is 553 g/mol. The molecule has 1 saturated heterocycles. The summed E-state index contributed by atoms with van der Waals surface area (Å²) < 4.78 is 44.5. The van der Waals surface area contributed by atoms with Crippen LogP contribution in [0.4, 0.5) is 24.5 Å². The molecular formula is C27H30F3N9O. The van der Waals surface area contributed by atoms with Crippen molar-refractivity contribution in [2.24, 2.45) is 7.05 Å². The number of amides is 1. The number of hydrogen-bond acceptors (Lipinski definition) is 7. The molecule has 13 heteroatoms. The van der Waals surface area contributed by atoms with E-state index in [2.05, 4.69) is 30.6 Å². The number of aromatic nitrogens is 6. The van der Waals surface area contributed by atoms with Crippen LogP contribution in [0.1, 0.15) is 33.7 Å². The highest BCUT2D eigenvalue weighted by Gasteiger charge is 2.33. The van der Waals surface area contributed by atoms with Crippen molar-refractivity contribution < 1.29 is 18.0 Å². The van der Waals surface area contributed by atoms with Gasteiger partial charge in [0.15, 0.2) is 0 Å². The lowest BCUT2D eigenvalue weighted by Crippen LogP contribution is -2.31. The molecule has 40 heavy (non-hydrogen) atoms. The van der Waals surface area contributed by atoms with Crippen molar-refractivity contribution in [2.75, 3.05) is 37.4 Å². The summed E-state index contributed by atoms with van der Waals surface area (Å²) in [5.74, 6) is -0.588. The number of benzene rings is 1. The Morgan fingerprint density at radius 2 is 1.90 bits per heavy atom. The summed E-state index contributed by atoms with van der Waals surface area (Å²) in [7, 11) is 5.74. The van der Waals surface area contributed by atoms with Gasteiger partial charge in [-0.05, 0) is 58.6 Å². The highest BCUT2D eigenvalue weighted by Crippen LogP contribution is 2.36. The smallest absolute Gasteiger partial charge is 0.370 e. The number of carbonyl (C=O) groups excluding carboxylic acids is 1. The van der Waals surface area contributed by atoms with Gasteiger partial charge in [0.2, 0.25) is 0 Å².